The molecule has 1 rings (SSSR count). The number of aromatic nitrogens is 3. The van der Waals surface area contributed by atoms with Gasteiger partial charge in [-0.15, -0.1) is 0 Å². The van der Waals surface area contributed by atoms with E-state index in [0.29, 0.717) is 23.9 Å². The molecule has 2 N–H and O–H groups in total. The first-order chi connectivity index (χ1) is 8.19. The van der Waals surface area contributed by atoms with Gasteiger partial charge in [-0.1, -0.05) is 0 Å². The standard InChI is InChI=1S/C10H19N5OS/c1-5-11-8-13-9(12-7(2)6-17-4)15-10(14-8)16-3/h7H,5-6H2,1-4H3,(H2,11,12,13,14,15). The van der Waals surface area contributed by atoms with Gasteiger partial charge in [0.1, 0.15) is 0 Å². The largest absolute Gasteiger partial charge is 0.467 e. The maximum absolute atomic E-state index is 5.04. The maximum Gasteiger partial charge on any atom is 0.322 e. The Morgan fingerprint density at radius 1 is 1.29 bits per heavy atom. The van der Waals surface area contributed by atoms with E-state index in [1.165, 1.54) is 0 Å². The quantitative estimate of drug-likeness (QED) is 0.766. The monoisotopic (exact) mass is 257 g/mol. The van der Waals surface area contributed by atoms with Crippen molar-refractivity contribution in [2.45, 2.75) is 19.9 Å². The van der Waals surface area contributed by atoms with Crippen LogP contribution in [-0.2, 0) is 0 Å². The lowest BCUT2D eigenvalue weighted by molar-refractivity contribution is 0.379. The smallest absolute Gasteiger partial charge is 0.322 e. The molecule has 0 aliphatic rings. The molecule has 0 spiro atoms. The van der Waals surface area contributed by atoms with Crippen LogP contribution in [0.3, 0.4) is 0 Å². The molecule has 7 heteroatoms. The summed E-state index contributed by atoms with van der Waals surface area (Å²) < 4.78 is 5.04. The molecule has 0 saturated heterocycles. The highest BCUT2D eigenvalue weighted by molar-refractivity contribution is 7.98. The molecule has 1 heterocycles. The van der Waals surface area contributed by atoms with Crippen molar-refractivity contribution in [2.75, 3.05) is 36.3 Å². The number of nitrogens with one attached hydrogen (secondary N) is 2. The number of rotatable bonds is 7. The first kappa shape index (κ1) is 13.8. The normalized spacial score (nSPS) is 12.0. The Kier molecular flexibility index (Phi) is 5.82. The molecule has 0 saturated carbocycles. The molecule has 0 fully saturated rings. The molecule has 1 aromatic rings. The van der Waals surface area contributed by atoms with Crippen molar-refractivity contribution in [1.82, 2.24) is 15.0 Å². The molecule has 1 unspecified atom stereocenters. The SMILES string of the molecule is CCNc1nc(NC(C)CSC)nc(OC)n1. The Morgan fingerprint density at radius 2 is 2.00 bits per heavy atom. The third kappa shape index (κ3) is 4.64. The van der Waals surface area contributed by atoms with Crippen molar-refractivity contribution < 1.29 is 4.74 Å². The first-order valence-corrected chi connectivity index (χ1v) is 6.88. The molecule has 0 aliphatic heterocycles. The van der Waals surface area contributed by atoms with E-state index >= 15 is 0 Å². The van der Waals surface area contributed by atoms with Gasteiger partial charge in [0, 0.05) is 18.3 Å². The Labute approximate surface area is 106 Å². The lowest BCUT2D eigenvalue weighted by Crippen LogP contribution is -2.20. The third-order valence-electron chi connectivity index (χ3n) is 1.92. The second kappa shape index (κ2) is 7.16. The summed E-state index contributed by atoms with van der Waals surface area (Å²) in [6.45, 7) is 4.83. The van der Waals surface area contributed by atoms with E-state index in [0.717, 1.165) is 12.3 Å². The van der Waals surface area contributed by atoms with Crippen molar-refractivity contribution in [3.63, 3.8) is 0 Å². The number of methoxy groups -OCH3 is 1. The molecule has 17 heavy (non-hydrogen) atoms. The summed E-state index contributed by atoms with van der Waals surface area (Å²) in [4.78, 5) is 12.5. The van der Waals surface area contributed by atoms with E-state index in [9.17, 15) is 0 Å². The van der Waals surface area contributed by atoms with Crippen molar-refractivity contribution >= 4 is 23.7 Å². The fourth-order valence-electron chi connectivity index (χ4n) is 1.26. The number of hydrogen-bond donors (Lipinski definition) is 2. The minimum atomic E-state index is 0.298. The highest BCUT2D eigenvalue weighted by Crippen LogP contribution is 2.12. The van der Waals surface area contributed by atoms with Crippen LogP contribution in [0.15, 0.2) is 0 Å². The molecule has 1 aromatic heterocycles. The van der Waals surface area contributed by atoms with Crippen LogP contribution in [0.1, 0.15) is 13.8 Å². The number of thioether (sulfide) groups is 1. The van der Waals surface area contributed by atoms with Gasteiger partial charge >= 0.3 is 6.01 Å². The van der Waals surface area contributed by atoms with Crippen molar-refractivity contribution in [3.05, 3.63) is 0 Å². The summed E-state index contributed by atoms with van der Waals surface area (Å²) in [5.41, 5.74) is 0. The highest BCUT2D eigenvalue weighted by atomic mass is 32.2. The summed E-state index contributed by atoms with van der Waals surface area (Å²) in [5.74, 6) is 2.05. The Hall–Kier alpha value is -1.24. The molecule has 0 aromatic carbocycles. The lowest BCUT2D eigenvalue weighted by atomic mass is 10.4. The van der Waals surface area contributed by atoms with E-state index in [1.54, 1.807) is 18.9 Å². The van der Waals surface area contributed by atoms with Gasteiger partial charge < -0.3 is 15.4 Å². The summed E-state index contributed by atoms with van der Waals surface area (Å²) in [5, 5.41) is 6.25. The Morgan fingerprint density at radius 3 is 2.59 bits per heavy atom. The van der Waals surface area contributed by atoms with E-state index in [2.05, 4.69) is 38.8 Å². The summed E-state index contributed by atoms with van der Waals surface area (Å²) >= 11 is 1.77. The third-order valence-corrected chi connectivity index (χ3v) is 2.76. The number of ether oxygens (including phenoxy) is 1. The second-order valence-electron chi connectivity index (χ2n) is 3.50. The van der Waals surface area contributed by atoms with Crippen LogP contribution in [0.4, 0.5) is 11.9 Å². The first-order valence-electron chi connectivity index (χ1n) is 5.49. The minimum Gasteiger partial charge on any atom is -0.467 e. The van der Waals surface area contributed by atoms with Gasteiger partial charge in [-0.2, -0.15) is 26.7 Å². The lowest BCUT2D eigenvalue weighted by Gasteiger charge is -2.13. The Bertz CT molecular complexity index is 349. The highest BCUT2D eigenvalue weighted by Gasteiger charge is 2.08. The van der Waals surface area contributed by atoms with Crippen LogP contribution in [0, 0.1) is 0 Å². The van der Waals surface area contributed by atoms with Gasteiger partial charge in [-0.05, 0) is 20.1 Å². The van der Waals surface area contributed by atoms with Crippen LogP contribution in [0.5, 0.6) is 6.01 Å². The predicted molar refractivity (Wildman–Crippen MR) is 72.0 cm³/mol. The van der Waals surface area contributed by atoms with Crippen LogP contribution >= 0.6 is 11.8 Å². The van der Waals surface area contributed by atoms with Crippen molar-refractivity contribution in [3.8, 4) is 6.01 Å². The van der Waals surface area contributed by atoms with Crippen molar-refractivity contribution in [2.24, 2.45) is 0 Å². The van der Waals surface area contributed by atoms with Gasteiger partial charge in [-0.3, -0.25) is 0 Å². The molecule has 0 radical (unpaired) electrons. The molecular weight excluding hydrogens is 238 g/mol. The van der Waals surface area contributed by atoms with E-state index in [-0.39, 0.29) is 0 Å². The van der Waals surface area contributed by atoms with Crippen LogP contribution in [0.25, 0.3) is 0 Å². The van der Waals surface area contributed by atoms with Gasteiger partial charge in [0.25, 0.3) is 0 Å². The predicted octanol–water partition coefficient (Wildman–Crippen LogP) is 1.48. The molecule has 6 nitrogen and oxygen atoms in total. The summed E-state index contributed by atoms with van der Waals surface area (Å²) in [6, 6.07) is 0.612. The molecular formula is C10H19N5OS. The van der Waals surface area contributed by atoms with E-state index in [1.807, 2.05) is 6.92 Å². The fraction of sp³-hybridized carbons (Fsp3) is 0.700. The summed E-state index contributed by atoms with van der Waals surface area (Å²) in [7, 11) is 1.54. The second-order valence-corrected chi connectivity index (χ2v) is 4.41. The fourth-order valence-corrected chi connectivity index (χ4v) is 1.84. The molecule has 0 bridgehead atoms. The number of hydrogen-bond acceptors (Lipinski definition) is 7. The van der Waals surface area contributed by atoms with Crippen LogP contribution < -0.4 is 15.4 Å². The van der Waals surface area contributed by atoms with Crippen LogP contribution in [-0.4, -0.2) is 46.7 Å². The zero-order valence-corrected chi connectivity index (χ0v) is 11.5. The van der Waals surface area contributed by atoms with Crippen molar-refractivity contribution in [1.29, 1.82) is 0 Å². The average Bonchev–Trinajstić information content (AvgIpc) is 2.29. The summed E-state index contributed by atoms with van der Waals surface area (Å²) in [6.07, 6.45) is 2.07. The number of nitrogens with zero attached hydrogens (tertiary/aromatic N) is 3. The average molecular weight is 257 g/mol. The minimum absolute atomic E-state index is 0.298. The van der Waals surface area contributed by atoms with Crippen LogP contribution in [0.2, 0.25) is 0 Å². The van der Waals surface area contributed by atoms with Gasteiger partial charge in [0.05, 0.1) is 7.11 Å². The molecule has 1 atom stereocenters. The van der Waals surface area contributed by atoms with E-state index in [4.69, 9.17) is 4.74 Å². The molecule has 96 valence electrons. The molecule has 0 aliphatic carbocycles. The van der Waals surface area contributed by atoms with Gasteiger partial charge in [0.2, 0.25) is 11.9 Å². The van der Waals surface area contributed by atoms with E-state index < -0.39 is 0 Å². The van der Waals surface area contributed by atoms with Gasteiger partial charge in [0.15, 0.2) is 0 Å². The Balaban J connectivity index is 2.79. The number of anilines is 2. The zero-order chi connectivity index (χ0) is 12.7. The zero-order valence-electron chi connectivity index (χ0n) is 10.6. The van der Waals surface area contributed by atoms with Gasteiger partial charge in [-0.25, -0.2) is 0 Å². The molecule has 0 amide bonds. The maximum atomic E-state index is 5.04. The topological polar surface area (TPSA) is 72.0 Å².